The van der Waals surface area contributed by atoms with Gasteiger partial charge in [-0.3, -0.25) is 14.2 Å². The number of carboxylic acid groups (broad SMARTS) is 1. The first-order chi connectivity index (χ1) is 25.7. The molecular weight excluding hydrogens is 731 g/mol. The van der Waals surface area contributed by atoms with Crippen LogP contribution in [-0.2, 0) is 21.5 Å². The Hall–Kier alpha value is -5.06. The van der Waals surface area contributed by atoms with Gasteiger partial charge in [-0.1, -0.05) is 24.3 Å². The van der Waals surface area contributed by atoms with Crippen LogP contribution >= 0.6 is 10.9 Å². The fourth-order valence-electron chi connectivity index (χ4n) is 7.05. The van der Waals surface area contributed by atoms with Gasteiger partial charge in [-0.25, -0.2) is 0 Å². The van der Waals surface area contributed by atoms with Gasteiger partial charge < -0.3 is 28.1 Å². The van der Waals surface area contributed by atoms with Crippen LogP contribution in [0.5, 0.6) is 0 Å². The number of piperidine rings is 1. The van der Waals surface area contributed by atoms with Gasteiger partial charge in [0.05, 0.1) is 21.8 Å². The van der Waals surface area contributed by atoms with Crippen molar-refractivity contribution in [2.75, 3.05) is 32.1 Å². The Morgan fingerprint density at radius 3 is 2.11 bits per heavy atom. The van der Waals surface area contributed by atoms with Gasteiger partial charge in [0.2, 0.25) is 11.0 Å². The van der Waals surface area contributed by atoms with Gasteiger partial charge >= 0.3 is 5.97 Å². The van der Waals surface area contributed by atoms with Crippen LogP contribution < -0.4 is 14.8 Å². The molecule has 12 nitrogen and oxygen atoms in total. The molecule has 0 radical (unpaired) electrons. The second-order valence-corrected chi connectivity index (χ2v) is 16.4. The minimum absolute atomic E-state index is 0.0179. The first-order valence-corrected chi connectivity index (χ1v) is 20.1. The zero-order chi connectivity index (χ0) is 38.4. The quantitative estimate of drug-likeness (QED) is 0.0551. The summed E-state index contributed by atoms with van der Waals surface area (Å²) in [5.74, 6) is -0.462. The summed E-state index contributed by atoms with van der Waals surface area (Å²) >= 11 is 0. The number of nitrogens with zero attached hydrogens (tertiary/aromatic N) is 3. The molecule has 1 saturated heterocycles. The van der Waals surface area contributed by atoms with Crippen LogP contribution in [0.2, 0.25) is 0 Å². The molecule has 0 saturated carbocycles. The third-order valence-electron chi connectivity index (χ3n) is 10.1. The minimum Gasteiger partial charge on any atom is -0.481 e. The minimum atomic E-state index is -4.34. The molecular formula is C40H40N3O9S2+. The van der Waals surface area contributed by atoms with Gasteiger partial charge in [-0.05, 0) is 91.7 Å². The van der Waals surface area contributed by atoms with Gasteiger partial charge in [0.15, 0.2) is 0 Å². The van der Waals surface area contributed by atoms with E-state index in [0.717, 1.165) is 44.4 Å². The van der Waals surface area contributed by atoms with Gasteiger partial charge in [-0.15, -0.1) is 0 Å². The summed E-state index contributed by atoms with van der Waals surface area (Å²) in [4.78, 5) is 15.6. The maximum Gasteiger partial charge on any atom is 0.306 e. The van der Waals surface area contributed by atoms with Crippen LogP contribution in [0.15, 0.2) is 123 Å². The average Bonchev–Trinajstić information content (AvgIpc) is 3.16. The number of likely N-dealkylation sites (tertiary alicyclic amines) is 1. The summed E-state index contributed by atoms with van der Waals surface area (Å²) in [6, 6.07) is 32.3. The van der Waals surface area contributed by atoms with Crippen molar-refractivity contribution in [2.24, 2.45) is 5.92 Å². The Morgan fingerprint density at radius 2 is 1.46 bits per heavy atom. The van der Waals surface area contributed by atoms with Crippen molar-refractivity contribution >= 4 is 55.0 Å². The van der Waals surface area contributed by atoms with E-state index in [9.17, 15) is 36.5 Å². The number of anilines is 2. The highest BCUT2D eigenvalue weighted by Gasteiger charge is 2.26. The van der Waals surface area contributed by atoms with Crippen LogP contribution in [0.1, 0.15) is 18.4 Å². The molecule has 2 aliphatic heterocycles. The lowest BCUT2D eigenvalue weighted by atomic mass is 9.90. The zero-order valence-electron chi connectivity index (χ0n) is 29.5. The molecule has 0 atom stereocenters. The molecule has 4 aromatic rings. The fourth-order valence-corrected chi connectivity index (χ4v) is 8.03. The van der Waals surface area contributed by atoms with Crippen molar-refractivity contribution in [2.45, 2.75) is 29.2 Å². The van der Waals surface area contributed by atoms with Crippen LogP contribution in [0.25, 0.3) is 33.4 Å². The highest BCUT2D eigenvalue weighted by molar-refractivity contribution is 8.19. The molecule has 4 aromatic carbocycles. The normalized spacial score (nSPS) is 15.4. The van der Waals surface area contributed by atoms with Crippen LogP contribution in [0.4, 0.5) is 17.1 Å². The summed E-state index contributed by atoms with van der Waals surface area (Å²) in [7, 11) is -4.46. The number of rotatable bonds is 9. The molecule has 1 fully saturated rings. The molecule has 0 aromatic heterocycles. The van der Waals surface area contributed by atoms with Crippen molar-refractivity contribution < 1.29 is 40.9 Å². The Labute approximate surface area is 314 Å². The van der Waals surface area contributed by atoms with Gasteiger partial charge in [0.25, 0.3) is 10.1 Å². The lowest BCUT2D eigenvalue weighted by Crippen LogP contribution is -2.35. The van der Waals surface area contributed by atoms with Crippen LogP contribution in [0, 0.1) is 5.92 Å². The number of aliphatic carboxylic acids is 1. The summed E-state index contributed by atoms with van der Waals surface area (Å²) in [6.45, 7) is 2.02. The molecule has 1 aliphatic carbocycles. The van der Waals surface area contributed by atoms with E-state index in [1.54, 1.807) is 24.3 Å². The average molecular weight is 771 g/mol. The van der Waals surface area contributed by atoms with E-state index >= 15 is 0 Å². The van der Waals surface area contributed by atoms with E-state index in [-0.39, 0.29) is 15.7 Å². The maximum atomic E-state index is 11.6. The smallest absolute Gasteiger partial charge is 0.306 e. The molecule has 2 heterocycles. The Bertz CT molecular complexity index is 2500. The molecule has 0 unspecified atom stereocenters. The maximum absolute atomic E-state index is 11.6. The number of hydrogen-bond donors (Lipinski definition) is 5. The van der Waals surface area contributed by atoms with E-state index in [1.165, 1.54) is 24.3 Å². The van der Waals surface area contributed by atoms with Gasteiger partial charge in [-0.2, -0.15) is 13.0 Å². The molecule has 7 rings (SSSR count). The van der Waals surface area contributed by atoms with Crippen molar-refractivity contribution in [3.8, 4) is 22.5 Å². The number of fused-ring (bicyclic) bond motifs is 2. The third kappa shape index (κ3) is 7.63. The Morgan fingerprint density at radius 1 is 0.815 bits per heavy atom. The van der Waals surface area contributed by atoms with E-state index in [4.69, 9.17) is 4.42 Å². The molecule has 5 N–H and O–H groups in total. The number of benzene rings is 5. The summed E-state index contributed by atoms with van der Waals surface area (Å²) in [5.41, 5.74) is 6.77. The predicted molar refractivity (Wildman–Crippen MR) is 209 cm³/mol. The molecule has 3 aliphatic rings. The largest absolute Gasteiger partial charge is 0.481 e. The Kier molecular flexibility index (Phi) is 10.1. The summed E-state index contributed by atoms with van der Waals surface area (Å²) < 4.78 is 70.3. The summed E-state index contributed by atoms with van der Waals surface area (Å²) in [6.07, 6.45) is 1.20. The highest BCUT2D eigenvalue weighted by Crippen LogP contribution is 2.44. The summed E-state index contributed by atoms with van der Waals surface area (Å²) in [5, 5.41) is 11.2. The molecule has 280 valence electrons. The van der Waals surface area contributed by atoms with Crippen molar-refractivity contribution in [3.63, 3.8) is 0 Å². The zero-order valence-corrected chi connectivity index (χ0v) is 31.2. The van der Waals surface area contributed by atoms with Crippen LogP contribution in [-0.4, -0.2) is 69.8 Å². The second kappa shape index (κ2) is 14.6. The van der Waals surface area contributed by atoms with Gasteiger partial charge in [0.1, 0.15) is 29.3 Å². The highest BCUT2D eigenvalue weighted by atomic mass is 32.3. The van der Waals surface area contributed by atoms with Crippen molar-refractivity contribution in [1.82, 2.24) is 9.48 Å². The number of hydrogen-bond acceptors (Lipinski definition) is 9. The Balaban J connectivity index is 1.37. The number of carbonyl (C=O) groups is 1. The first kappa shape index (κ1) is 37.3. The number of carboxylic acids is 1. The lowest BCUT2D eigenvalue weighted by Gasteiger charge is -2.30. The third-order valence-corrected chi connectivity index (χ3v) is 11.9. The van der Waals surface area contributed by atoms with E-state index in [2.05, 4.69) is 17.0 Å². The molecule has 54 heavy (non-hydrogen) atoms. The van der Waals surface area contributed by atoms with Crippen molar-refractivity contribution in [1.29, 1.82) is 0 Å². The fraction of sp³-hybridized carbons (Fsp3) is 0.200. The standard InChI is InChI=1S/C40H39N3O9S2/c1-41(28-7-13-32(14-8-28)53(46,47)48)30-11-17-35-37(23-30)52-38-24-31(42(2)29-9-15-33(16-10-29)54(49,50)51)12-18-36(38)39(35)34-6-4-3-5-27(34)25-43-21-19-26(20-22-43)40(44)45/h3-18,23-24,26H,19-22,25H2,1-2H3,(H4-,44,45,46,47,48,49,50,51)/p+1. The monoisotopic (exact) mass is 770 g/mol. The predicted octanol–water partition coefficient (Wildman–Crippen LogP) is 7.83. The molecule has 0 amide bonds. The molecule has 0 spiro atoms. The van der Waals surface area contributed by atoms with Crippen molar-refractivity contribution in [3.05, 3.63) is 120 Å². The van der Waals surface area contributed by atoms with Crippen LogP contribution in [0.3, 0.4) is 0 Å². The first-order valence-electron chi connectivity index (χ1n) is 17.2. The van der Waals surface area contributed by atoms with E-state index < -0.39 is 27.0 Å². The van der Waals surface area contributed by atoms with Gasteiger partial charge in [0, 0.05) is 65.7 Å². The molecule has 0 bridgehead atoms. The van der Waals surface area contributed by atoms with E-state index in [0.29, 0.717) is 49.5 Å². The SMILES string of the molecule is CN(c1ccc(S(=O)(=O)O)cc1)c1ccc2c(-c3ccccc3CN3CCC(C(=O)O)CC3)c3ccc(=[N+](C)c4ccc(S(O)(O)O)cc4)cc-3oc2c1. The van der Waals surface area contributed by atoms with E-state index in [1.807, 2.05) is 72.1 Å². The molecule has 14 heteroatoms. The topological polar surface area (TPSA) is 175 Å². The second-order valence-electron chi connectivity index (χ2n) is 13.5. The lowest BCUT2D eigenvalue weighted by molar-refractivity contribution is -0.143.